The Kier molecular flexibility index (Phi) is 4.65. The first kappa shape index (κ1) is 17.0. The van der Waals surface area contributed by atoms with Crippen LogP contribution in [0.25, 0.3) is 0 Å². The molecule has 0 amide bonds. The summed E-state index contributed by atoms with van der Waals surface area (Å²) >= 11 is 5.86. The number of sulfone groups is 1. The molecule has 0 spiro atoms. The highest BCUT2D eigenvalue weighted by Crippen LogP contribution is 2.43. The number of esters is 1. The highest BCUT2D eigenvalue weighted by Gasteiger charge is 2.43. The van der Waals surface area contributed by atoms with Crippen molar-refractivity contribution in [2.45, 2.75) is 23.0 Å². The number of hydrogen-bond donors (Lipinski definition) is 0. The number of aryl methyl sites for hydroxylation is 1. The molecule has 126 valence electrons. The van der Waals surface area contributed by atoms with Gasteiger partial charge >= 0.3 is 5.97 Å². The van der Waals surface area contributed by atoms with Gasteiger partial charge in [-0.2, -0.15) is 0 Å². The third-order valence-corrected chi connectivity index (χ3v) is 6.86. The molecule has 1 aliphatic rings. The van der Waals surface area contributed by atoms with Gasteiger partial charge in [-0.15, -0.1) is 0 Å². The molecule has 2 aromatic rings. The lowest BCUT2D eigenvalue weighted by Gasteiger charge is -2.31. The molecule has 0 heterocycles. The quantitative estimate of drug-likeness (QED) is 0.781. The zero-order chi connectivity index (χ0) is 17.3. The molecule has 0 saturated heterocycles. The van der Waals surface area contributed by atoms with E-state index in [1.807, 2.05) is 12.1 Å². The number of rotatable bonds is 3. The summed E-state index contributed by atoms with van der Waals surface area (Å²) in [6.07, 6.45) is 1.10. The van der Waals surface area contributed by atoms with Crippen LogP contribution in [-0.4, -0.2) is 21.5 Å². The Hall–Kier alpha value is -1.85. The monoisotopic (exact) mass is 364 g/mol. The minimum atomic E-state index is -3.76. The van der Waals surface area contributed by atoms with E-state index in [9.17, 15) is 13.2 Å². The van der Waals surface area contributed by atoms with Gasteiger partial charge in [-0.3, -0.25) is 4.79 Å². The molecule has 0 bridgehead atoms. The Labute approximate surface area is 146 Å². The standard InChI is InChI=1S/C18H17ClO4S/c1-23-18(20)16-11-6-12-4-2-3-5-15(12)17(16)24(21,22)14-9-7-13(19)8-10-14/h2-5,7-10,16-17H,6,11H2,1H3. The van der Waals surface area contributed by atoms with Gasteiger partial charge in [0, 0.05) is 5.02 Å². The van der Waals surface area contributed by atoms with Crippen molar-refractivity contribution in [1.82, 2.24) is 0 Å². The van der Waals surface area contributed by atoms with Crippen molar-refractivity contribution in [1.29, 1.82) is 0 Å². The van der Waals surface area contributed by atoms with Crippen molar-refractivity contribution in [2.75, 3.05) is 7.11 Å². The third kappa shape index (κ3) is 2.94. The Bertz CT molecular complexity index is 859. The summed E-state index contributed by atoms with van der Waals surface area (Å²) in [6, 6.07) is 13.4. The van der Waals surface area contributed by atoms with Crippen LogP contribution in [0.2, 0.25) is 5.02 Å². The molecule has 3 rings (SSSR count). The Morgan fingerprint density at radius 1 is 1.12 bits per heavy atom. The van der Waals surface area contributed by atoms with Gasteiger partial charge < -0.3 is 4.74 Å². The van der Waals surface area contributed by atoms with E-state index >= 15 is 0 Å². The Balaban J connectivity index is 2.16. The Morgan fingerprint density at radius 3 is 2.46 bits per heavy atom. The summed E-state index contributed by atoms with van der Waals surface area (Å²) in [4.78, 5) is 12.4. The first-order valence-electron chi connectivity index (χ1n) is 7.60. The van der Waals surface area contributed by atoms with Gasteiger partial charge in [-0.1, -0.05) is 35.9 Å². The van der Waals surface area contributed by atoms with Crippen LogP contribution in [-0.2, 0) is 25.8 Å². The van der Waals surface area contributed by atoms with E-state index < -0.39 is 27.0 Å². The van der Waals surface area contributed by atoms with E-state index in [0.717, 1.165) is 5.56 Å². The molecule has 0 saturated carbocycles. The maximum absolute atomic E-state index is 13.2. The number of hydrogen-bond acceptors (Lipinski definition) is 4. The fourth-order valence-corrected chi connectivity index (χ4v) is 5.44. The van der Waals surface area contributed by atoms with Crippen molar-refractivity contribution < 1.29 is 17.9 Å². The molecule has 0 radical (unpaired) electrons. The summed E-state index contributed by atoms with van der Waals surface area (Å²) < 4.78 is 31.3. The van der Waals surface area contributed by atoms with Gasteiger partial charge in [0.25, 0.3) is 0 Å². The van der Waals surface area contributed by atoms with Crippen molar-refractivity contribution in [3.8, 4) is 0 Å². The van der Waals surface area contributed by atoms with Crippen LogP contribution in [0.3, 0.4) is 0 Å². The van der Waals surface area contributed by atoms with Gasteiger partial charge in [0.1, 0.15) is 5.25 Å². The smallest absolute Gasteiger partial charge is 0.310 e. The van der Waals surface area contributed by atoms with Gasteiger partial charge in [-0.05, 0) is 48.2 Å². The van der Waals surface area contributed by atoms with Crippen LogP contribution in [0.5, 0.6) is 0 Å². The highest BCUT2D eigenvalue weighted by molar-refractivity contribution is 7.91. The van der Waals surface area contributed by atoms with E-state index in [1.165, 1.54) is 31.4 Å². The lowest BCUT2D eigenvalue weighted by molar-refractivity contribution is -0.146. The number of benzene rings is 2. The summed E-state index contributed by atoms with van der Waals surface area (Å²) in [5.74, 6) is -1.21. The summed E-state index contributed by atoms with van der Waals surface area (Å²) in [6.45, 7) is 0. The molecule has 0 N–H and O–H groups in total. The molecular weight excluding hydrogens is 348 g/mol. The number of ether oxygens (including phenoxy) is 1. The zero-order valence-corrected chi connectivity index (χ0v) is 14.7. The molecule has 2 unspecified atom stereocenters. The van der Waals surface area contributed by atoms with Gasteiger partial charge in [-0.25, -0.2) is 8.42 Å². The molecule has 0 fully saturated rings. The summed E-state index contributed by atoms with van der Waals surface area (Å²) in [5, 5.41) is -0.487. The van der Waals surface area contributed by atoms with E-state index in [-0.39, 0.29) is 4.90 Å². The normalized spacial score (nSPS) is 20.2. The van der Waals surface area contributed by atoms with Gasteiger partial charge in [0.2, 0.25) is 0 Å². The predicted octanol–water partition coefficient (Wildman–Crippen LogP) is 3.59. The van der Waals surface area contributed by atoms with Gasteiger partial charge in [0.05, 0.1) is 17.9 Å². The second kappa shape index (κ2) is 6.57. The molecule has 2 atom stereocenters. The number of fused-ring (bicyclic) bond motifs is 1. The average molecular weight is 365 g/mol. The molecule has 24 heavy (non-hydrogen) atoms. The maximum atomic E-state index is 13.2. The second-order valence-electron chi connectivity index (χ2n) is 5.79. The SMILES string of the molecule is COC(=O)C1CCc2ccccc2C1S(=O)(=O)c1ccc(Cl)cc1. The zero-order valence-electron chi connectivity index (χ0n) is 13.1. The molecule has 6 heteroatoms. The van der Waals surface area contributed by atoms with E-state index in [4.69, 9.17) is 16.3 Å². The van der Waals surface area contributed by atoms with Crippen LogP contribution in [0.15, 0.2) is 53.4 Å². The van der Waals surface area contributed by atoms with Crippen LogP contribution in [0.1, 0.15) is 22.8 Å². The number of carbonyl (C=O) groups excluding carboxylic acids is 1. The first-order valence-corrected chi connectivity index (χ1v) is 9.52. The van der Waals surface area contributed by atoms with Crippen molar-refractivity contribution in [2.24, 2.45) is 5.92 Å². The minimum absolute atomic E-state index is 0.155. The minimum Gasteiger partial charge on any atom is -0.469 e. The van der Waals surface area contributed by atoms with Crippen LogP contribution in [0, 0.1) is 5.92 Å². The molecule has 1 aliphatic carbocycles. The van der Waals surface area contributed by atoms with E-state index in [2.05, 4.69) is 0 Å². The van der Waals surface area contributed by atoms with Gasteiger partial charge in [0.15, 0.2) is 9.84 Å². The number of methoxy groups -OCH3 is 1. The predicted molar refractivity (Wildman–Crippen MR) is 91.6 cm³/mol. The fraction of sp³-hybridized carbons (Fsp3) is 0.278. The molecule has 4 nitrogen and oxygen atoms in total. The third-order valence-electron chi connectivity index (χ3n) is 4.43. The second-order valence-corrected chi connectivity index (χ2v) is 8.29. The van der Waals surface area contributed by atoms with Crippen molar-refractivity contribution in [3.05, 3.63) is 64.7 Å². The molecular formula is C18H17ClO4S. The first-order chi connectivity index (χ1) is 11.4. The highest BCUT2D eigenvalue weighted by atomic mass is 35.5. The van der Waals surface area contributed by atoms with Crippen LogP contribution >= 0.6 is 11.6 Å². The molecule has 0 aliphatic heterocycles. The summed E-state index contributed by atoms with van der Waals surface area (Å²) in [5.41, 5.74) is 1.63. The lowest BCUT2D eigenvalue weighted by Crippen LogP contribution is -2.33. The average Bonchev–Trinajstić information content (AvgIpc) is 2.60. The Morgan fingerprint density at radius 2 is 1.79 bits per heavy atom. The van der Waals surface area contributed by atoms with E-state index in [1.54, 1.807) is 12.1 Å². The van der Waals surface area contributed by atoms with Crippen molar-refractivity contribution >= 4 is 27.4 Å². The largest absolute Gasteiger partial charge is 0.469 e. The number of carbonyl (C=O) groups is 1. The number of halogens is 1. The maximum Gasteiger partial charge on any atom is 0.310 e. The topological polar surface area (TPSA) is 60.4 Å². The molecule has 2 aromatic carbocycles. The van der Waals surface area contributed by atoms with Crippen LogP contribution < -0.4 is 0 Å². The van der Waals surface area contributed by atoms with Crippen LogP contribution in [0.4, 0.5) is 0 Å². The lowest BCUT2D eigenvalue weighted by atomic mass is 9.83. The summed E-state index contributed by atoms with van der Waals surface area (Å²) in [7, 11) is -2.47. The molecule has 0 aromatic heterocycles. The fourth-order valence-electron chi connectivity index (χ4n) is 3.27. The van der Waals surface area contributed by atoms with E-state index in [0.29, 0.717) is 23.4 Å². The van der Waals surface area contributed by atoms with Crippen molar-refractivity contribution in [3.63, 3.8) is 0 Å².